The first-order chi connectivity index (χ1) is 21.4. The molecule has 2 aliphatic heterocycles. The predicted octanol–water partition coefficient (Wildman–Crippen LogP) is 7.28. The second-order valence-corrected chi connectivity index (χ2v) is 13.5. The van der Waals surface area contributed by atoms with E-state index in [1.54, 1.807) is 19.2 Å². The summed E-state index contributed by atoms with van der Waals surface area (Å²) in [5.74, 6) is 1.54. The lowest BCUT2D eigenvalue weighted by Gasteiger charge is -2.27. The molecule has 10 nitrogen and oxygen atoms in total. The Kier molecular flexibility index (Phi) is 9.73. The molecule has 2 aliphatic rings. The average Bonchev–Trinajstić information content (AvgIpc) is 3.61. The largest absolute Gasteiger partial charge is 0.495 e. The van der Waals surface area contributed by atoms with Gasteiger partial charge in [-0.25, -0.2) is 4.79 Å². The van der Waals surface area contributed by atoms with Gasteiger partial charge in [-0.2, -0.15) is 5.26 Å². The summed E-state index contributed by atoms with van der Waals surface area (Å²) in [6.07, 6.45) is 4.20. The number of anilines is 2. The number of pyridine rings is 1. The Balaban J connectivity index is 1.23. The molecular formula is C33H39Cl2N5O5. The van der Waals surface area contributed by atoms with E-state index in [-0.39, 0.29) is 11.5 Å². The van der Waals surface area contributed by atoms with Crippen LogP contribution in [0.25, 0.3) is 10.9 Å². The Bertz CT molecular complexity index is 1620. The molecule has 2 saturated heterocycles. The molecule has 3 aromatic rings. The number of hydrogen-bond acceptors (Lipinski definition) is 9. The monoisotopic (exact) mass is 655 g/mol. The van der Waals surface area contributed by atoms with Crippen molar-refractivity contribution in [3.63, 3.8) is 0 Å². The molecule has 1 spiro atoms. The first-order valence-electron chi connectivity index (χ1n) is 15.0. The zero-order valence-electron chi connectivity index (χ0n) is 26.3. The van der Waals surface area contributed by atoms with Crippen molar-refractivity contribution in [1.29, 1.82) is 5.26 Å². The number of amides is 1. The molecule has 3 heterocycles. The van der Waals surface area contributed by atoms with Gasteiger partial charge in [0.1, 0.15) is 17.4 Å². The fourth-order valence-electron chi connectivity index (χ4n) is 6.05. The molecule has 0 aliphatic carbocycles. The molecular weight excluding hydrogens is 617 g/mol. The summed E-state index contributed by atoms with van der Waals surface area (Å²) in [6.45, 7) is 10.6. The lowest BCUT2D eigenvalue weighted by Crippen LogP contribution is -2.37. The molecule has 240 valence electrons. The maximum absolute atomic E-state index is 12.6. The number of nitrogens with zero attached hydrogens (tertiary/aromatic N) is 4. The van der Waals surface area contributed by atoms with Crippen LogP contribution in [0, 0.1) is 16.7 Å². The number of hydrogen-bond donors (Lipinski definition) is 1. The quantitative estimate of drug-likeness (QED) is 0.238. The summed E-state index contributed by atoms with van der Waals surface area (Å²) >= 11 is 12.7. The maximum atomic E-state index is 12.6. The van der Waals surface area contributed by atoms with E-state index in [1.165, 1.54) is 13.3 Å². The highest BCUT2D eigenvalue weighted by molar-refractivity contribution is 6.37. The van der Waals surface area contributed by atoms with Crippen molar-refractivity contribution in [2.45, 2.75) is 45.6 Å². The molecule has 0 radical (unpaired) electrons. The van der Waals surface area contributed by atoms with Crippen LogP contribution < -0.4 is 19.5 Å². The summed E-state index contributed by atoms with van der Waals surface area (Å²) in [4.78, 5) is 21.4. The molecule has 5 rings (SSSR count). The Morgan fingerprint density at radius 1 is 1.04 bits per heavy atom. The van der Waals surface area contributed by atoms with Crippen LogP contribution in [0.4, 0.5) is 16.2 Å². The fraction of sp³-hybridized carbons (Fsp3) is 0.485. The molecule has 2 fully saturated rings. The van der Waals surface area contributed by atoms with E-state index in [4.69, 9.17) is 42.1 Å². The second-order valence-electron chi connectivity index (χ2n) is 12.7. The topological polar surface area (TPSA) is 109 Å². The van der Waals surface area contributed by atoms with E-state index in [1.807, 2.05) is 37.8 Å². The minimum Gasteiger partial charge on any atom is -0.495 e. The minimum absolute atomic E-state index is 0.139. The van der Waals surface area contributed by atoms with Gasteiger partial charge in [-0.3, -0.25) is 4.98 Å². The minimum atomic E-state index is -0.489. The molecule has 1 aromatic heterocycles. The number of benzene rings is 2. The third-order valence-electron chi connectivity index (χ3n) is 8.26. The normalized spacial score (nSPS) is 18.3. The first kappa shape index (κ1) is 32.7. The van der Waals surface area contributed by atoms with Crippen LogP contribution in [0.5, 0.6) is 17.2 Å². The Morgan fingerprint density at radius 3 is 2.51 bits per heavy atom. The summed E-state index contributed by atoms with van der Waals surface area (Å²) in [5, 5.41) is 14.5. The number of likely N-dealkylation sites (tertiary alicyclic amines) is 2. The fourth-order valence-corrected chi connectivity index (χ4v) is 6.55. The third-order valence-corrected chi connectivity index (χ3v) is 8.87. The van der Waals surface area contributed by atoms with Crippen molar-refractivity contribution < 1.29 is 23.7 Å². The van der Waals surface area contributed by atoms with Gasteiger partial charge in [-0.15, -0.1) is 0 Å². The zero-order valence-corrected chi connectivity index (χ0v) is 27.8. The molecule has 1 unspecified atom stereocenters. The van der Waals surface area contributed by atoms with Gasteiger partial charge in [0.05, 0.1) is 53.3 Å². The summed E-state index contributed by atoms with van der Waals surface area (Å²) in [6, 6.07) is 9.09. The number of aromatic nitrogens is 1. The van der Waals surface area contributed by atoms with Crippen LogP contribution in [0.1, 0.15) is 45.6 Å². The predicted molar refractivity (Wildman–Crippen MR) is 175 cm³/mol. The highest BCUT2D eigenvalue weighted by atomic mass is 35.5. The Labute approximate surface area is 274 Å². The molecule has 1 N–H and O–H groups in total. The summed E-state index contributed by atoms with van der Waals surface area (Å²) in [5.41, 5.74) is 1.67. The SMILES string of the molecule is COc1cc(Nc2c(C#N)cnc3cc(OCCCN4CCC5(CCN(C(=O)OC(C)(C)C)C5)C4)c(OC)cc23)c(Cl)cc1Cl. The van der Waals surface area contributed by atoms with Crippen molar-refractivity contribution >= 4 is 51.6 Å². The van der Waals surface area contributed by atoms with Gasteiger partial charge in [0.15, 0.2) is 11.5 Å². The van der Waals surface area contributed by atoms with E-state index < -0.39 is 5.60 Å². The molecule has 12 heteroatoms. The van der Waals surface area contributed by atoms with Crippen LogP contribution in [0.15, 0.2) is 30.5 Å². The number of rotatable bonds is 9. The van der Waals surface area contributed by atoms with Gasteiger partial charge < -0.3 is 34.1 Å². The van der Waals surface area contributed by atoms with Crippen molar-refractivity contribution in [3.8, 4) is 23.3 Å². The molecule has 0 saturated carbocycles. The number of nitriles is 1. The van der Waals surface area contributed by atoms with Crippen molar-refractivity contribution in [2.75, 3.05) is 58.9 Å². The summed E-state index contributed by atoms with van der Waals surface area (Å²) < 4.78 is 22.8. The van der Waals surface area contributed by atoms with Crippen LogP contribution >= 0.6 is 23.2 Å². The van der Waals surface area contributed by atoms with Gasteiger partial charge >= 0.3 is 6.09 Å². The number of fused-ring (bicyclic) bond motifs is 1. The first-order valence-corrected chi connectivity index (χ1v) is 15.7. The van der Waals surface area contributed by atoms with Gasteiger partial charge in [-0.1, -0.05) is 23.2 Å². The Hall–Kier alpha value is -3.65. The number of methoxy groups -OCH3 is 2. The van der Waals surface area contributed by atoms with Crippen molar-refractivity contribution in [2.24, 2.45) is 5.41 Å². The van der Waals surface area contributed by atoms with E-state index in [0.29, 0.717) is 61.7 Å². The van der Waals surface area contributed by atoms with E-state index in [2.05, 4.69) is 21.3 Å². The van der Waals surface area contributed by atoms with Crippen LogP contribution in [0.2, 0.25) is 10.0 Å². The lowest BCUT2D eigenvalue weighted by molar-refractivity contribution is 0.0274. The molecule has 0 bridgehead atoms. The third kappa shape index (κ3) is 7.43. The number of carbonyl (C=O) groups is 1. The molecule has 45 heavy (non-hydrogen) atoms. The second kappa shape index (κ2) is 13.4. The van der Waals surface area contributed by atoms with Gasteiger partial charge in [-0.05, 0) is 58.7 Å². The van der Waals surface area contributed by atoms with Gasteiger partial charge in [0.2, 0.25) is 0 Å². The molecule has 1 amide bonds. The standard InChI is InChI=1S/C33H39Cl2N5O5/c1-32(2,3)45-31(41)40-11-8-33(20-40)7-10-39(19-33)9-6-12-44-29-15-25-22(13-28(29)43-5)30(21(17-36)18-37-25)38-26-16-27(42-4)24(35)14-23(26)34/h13-16,18H,6-12,19-20H2,1-5H3,(H,37,38). The van der Waals surface area contributed by atoms with E-state index >= 15 is 0 Å². The van der Waals surface area contributed by atoms with Gasteiger partial charge in [0.25, 0.3) is 0 Å². The highest BCUT2D eigenvalue weighted by Crippen LogP contribution is 2.42. The molecule has 2 aromatic carbocycles. The lowest BCUT2D eigenvalue weighted by atomic mass is 9.86. The highest BCUT2D eigenvalue weighted by Gasteiger charge is 2.45. The zero-order chi connectivity index (χ0) is 32.4. The number of nitrogens with one attached hydrogen (secondary N) is 1. The number of halogens is 2. The van der Waals surface area contributed by atoms with Crippen molar-refractivity contribution in [3.05, 3.63) is 46.1 Å². The number of carbonyl (C=O) groups excluding carboxylic acids is 1. The van der Waals surface area contributed by atoms with E-state index in [9.17, 15) is 10.1 Å². The number of ether oxygens (including phenoxy) is 4. The smallest absolute Gasteiger partial charge is 0.410 e. The average molecular weight is 657 g/mol. The van der Waals surface area contributed by atoms with Crippen LogP contribution in [-0.4, -0.2) is 80.0 Å². The Morgan fingerprint density at radius 2 is 1.80 bits per heavy atom. The van der Waals surface area contributed by atoms with Crippen molar-refractivity contribution in [1.82, 2.24) is 14.8 Å². The van der Waals surface area contributed by atoms with Gasteiger partial charge in [0, 0.05) is 55.3 Å². The van der Waals surface area contributed by atoms with Crippen LogP contribution in [-0.2, 0) is 4.74 Å². The molecule has 1 atom stereocenters. The summed E-state index contributed by atoms with van der Waals surface area (Å²) in [7, 11) is 3.10. The van der Waals surface area contributed by atoms with Crippen LogP contribution in [0.3, 0.4) is 0 Å². The maximum Gasteiger partial charge on any atom is 0.410 e. The van der Waals surface area contributed by atoms with E-state index in [0.717, 1.165) is 52.0 Å².